The number of piperidine rings is 1. The van der Waals surface area contributed by atoms with E-state index in [-0.39, 0.29) is 29.6 Å². The highest BCUT2D eigenvalue weighted by Crippen LogP contribution is 2.26. The third-order valence-electron chi connectivity index (χ3n) is 4.30. The molecule has 2 atom stereocenters. The van der Waals surface area contributed by atoms with Crippen molar-refractivity contribution in [2.45, 2.75) is 39.7 Å². The van der Waals surface area contributed by atoms with Gasteiger partial charge in [0.2, 0.25) is 11.8 Å². The monoisotopic (exact) mass is 342 g/mol. The van der Waals surface area contributed by atoms with Gasteiger partial charge in [-0.3, -0.25) is 14.4 Å². The van der Waals surface area contributed by atoms with Gasteiger partial charge in [0.25, 0.3) is 0 Å². The molecule has 2 unspecified atom stereocenters. The minimum atomic E-state index is -0.393. The Balaban J connectivity index is 2.01. The van der Waals surface area contributed by atoms with Crippen LogP contribution in [0.1, 0.15) is 33.6 Å². The van der Waals surface area contributed by atoms with E-state index < -0.39 is 6.04 Å². The lowest BCUT2D eigenvalue weighted by Crippen LogP contribution is -2.53. The third kappa shape index (κ3) is 4.19. The summed E-state index contributed by atoms with van der Waals surface area (Å²) in [5.41, 5.74) is 0. The predicted octanol–water partition coefficient (Wildman–Crippen LogP) is 1.35. The van der Waals surface area contributed by atoms with E-state index in [4.69, 9.17) is 4.74 Å². The van der Waals surface area contributed by atoms with Gasteiger partial charge in [0.15, 0.2) is 0 Å². The van der Waals surface area contributed by atoms with Gasteiger partial charge in [0.1, 0.15) is 6.04 Å². The highest BCUT2D eigenvalue weighted by molar-refractivity contribution is 7.99. The van der Waals surface area contributed by atoms with Crippen LogP contribution in [0, 0.1) is 11.8 Å². The summed E-state index contributed by atoms with van der Waals surface area (Å²) < 4.78 is 5.08. The Hall–Kier alpha value is -1.24. The average Bonchev–Trinajstić information content (AvgIpc) is 3.03. The fraction of sp³-hybridized carbons (Fsp3) is 0.812. The molecule has 2 amide bonds. The largest absolute Gasteiger partial charge is 0.466 e. The second-order valence-corrected chi connectivity index (χ2v) is 7.35. The fourth-order valence-electron chi connectivity index (χ4n) is 3.04. The van der Waals surface area contributed by atoms with Gasteiger partial charge in [0, 0.05) is 24.8 Å². The molecule has 0 bridgehead atoms. The zero-order chi connectivity index (χ0) is 17.0. The van der Waals surface area contributed by atoms with E-state index >= 15 is 0 Å². The van der Waals surface area contributed by atoms with Gasteiger partial charge in [-0.05, 0) is 19.8 Å². The van der Waals surface area contributed by atoms with E-state index in [2.05, 4.69) is 0 Å². The van der Waals surface area contributed by atoms with Crippen LogP contribution in [-0.2, 0) is 19.1 Å². The molecule has 0 spiro atoms. The van der Waals surface area contributed by atoms with E-state index in [0.29, 0.717) is 31.3 Å². The molecular weight excluding hydrogens is 316 g/mol. The topological polar surface area (TPSA) is 66.9 Å². The van der Waals surface area contributed by atoms with Crippen LogP contribution in [0.25, 0.3) is 0 Å². The highest BCUT2D eigenvalue weighted by Gasteiger charge is 2.39. The lowest BCUT2D eigenvalue weighted by Gasteiger charge is -2.35. The first kappa shape index (κ1) is 18.1. The Morgan fingerprint density at radius 2 is 2.04 bits per heavy atom. The number of rotatable bonds is 4. The molecule has 130 valence electrons. The molecule has 2 saturated heterocycles. The quantitative estimate of drug-likeness (QED) is 0.722. The molecule has 6 nitrogen and oxygen atoms in total. The highest BCUT2D eigenvalue weighted by atomic mass is 32.2. The molecule has 0 radical (unpaired) electrons. The first-order valence-electron chi connectivity index (χ1n) is 8.29. The van der Waals surface area contributed by atoms with Crippen molar-refractivity contribution < 1.29 is 19.1 Å². The molecule has 2 rings (SSSR count). The maximum atomic E-state index is 12.8. The number of amides is 2. The average molecular weight is 342 g/mol. The Bertz CT molecular complexity index is 469. The minimum absolute atomic E-state index is 0.0207. The number of thioether (sulfide) groups is 1. The molecule has 0 aliphatic carbocycles. The van der Waals surface area contributed by atoms with Crippen molar-refractivity contribution in [3.8, 4) is 0 Å². The zero-order valence-electron chi connectivity index (χ0n) is 14.1. The van der Waals surface area contributed by atoms with Gasteiger partial charge in [-0.1, -0.05) is 13.8 Å². The summed E-state index contributed by atoms with van der Waals surface area (Å²) in [6.45, 7) is 6.91. The Morgan fingerprint density at radius 3 is 2.70 bits per heavy atom. The smallest absolute Gasteiger partial charge is 0.310 e. The number of likely N-dealkylation sites (tertiary alicyclic amines) is 1. The molecule has 7 heteroatoms. The molecule has 2 fully saturated rings. The number of hydrogen-bond donors (Lipinski definition) is 0. The maximum Gasteiger partial charge on any atom is 0.310 e. The van der Waals surface area contributed by atoms with Crippen LogP contribution in [0.15, 0.2) is 0 Å². The van der Waals surface area contributed by atoms with Crippen LogP contribution in [0.4, 0.5) is 0 Å². The van der Waals surface area contributed by atoms with Gasteiger partial charge < -0.3 is 14.5 Å². The second-order valence-electron chi connectivity index (χ2n) is 6.35. The van der Waals surface area contributed by atoms with Crippen molar-refractivity contribution in [1.29, 1.82) is 0 Å². The first-order chi connectivity index (χ1) is 11.0. The molecule has 2 aliphatic heterocycles. The molecule has 2 aliphatic rings. The summed E-state index contributed by atoms with van der Waals surface area (Å²) in [5.74, 6) is 0.625. The number of carbonyl (C=O) groups excluding carboxylic acids is 3. The van der Waals surface area contributed by atoms with Crippen LogP contribution >= 0.6 is 11.8 Å². The summed E-state index contributed by atoms with van der Waals surface area (Å²) in [6, 6.07) is -0.393. The van der Waals surface area contributed by atoms with E-state index in [1.807, 2.05) is 13.8 Å². The van der Waals surface area contributed by atoms with Gasteiger partial charge in [-0.25, -0.2) is 0 Å². The number of ether oxygens (including phenoxy) is 1. The lowest BCUT2D eigenvalue weighted by molar-refractivity contribution is -0.153. The number of nitrogens with zero attached hydrogens (tertiary/aromatic N) is 2. The number of esters is 1. The van der Waals surface area contributed by atoms with Crippen molar-refractivity contribution >= 4 is 29.5 Å². The molecule has 0 saturated carbocycles. The van der Waals surface area contributed by atoms with Crippen molar-refractivity contribution in [3.63, 3.8) is 0 Å². The van der Waals surface area contributed by atoms with Crippen molar-refractivity contribution in [3.05, 3.63) is 0 Å². The maximum absolute atomic E-state index is 12.8. The molecule has 0 aromatic carbocycles. The molecule has 0 N–H and O–H groups in total. The normalized spacial score (nSPS) is 24.9. The van der Waals surface area contributed by atoms with E-state index in [1.165, 1.54) is 0 Å². The SMILES string of the molecule is CCOC(=O)C1CCCN(C(=O)C2CSCN2C(=O)C(C)C)C1. The standard InChI is InChI=1S/C16H26N2O4S/c1-4-22-16(21)12-6-5-7-17(8-12)15(20)13-9-23-10-18(13)14(19)11(2)3/h11-13H,4-10H2,1-3H3. The second kappa shape index (κ2) is 8.04. The van der Waals surface area contributed by atoms with Crippen LogP contribution in [0.3, 0.4) is 0 Å². The van der Waals surface area contributed by atoms with Crippen LogP contribution < -0.4 is 0 Å². The Morgan fingerprint density at radius 1 is 1.30 bits per heavy atom. The van der Waals surface area contributed by atoms with Gasteiger partial charge >= 0.3 is 5.97 Å². The van der Waals surface area contributed by atoms with Crippen molar-refractivity contribution in [1.82, 2.24) is 9.80 Å². The number of hydrogen-bond acceptors (Lipinski definition) is 5. The van der Waals surface area contributed by atoms with E-state index in [1.54, 1.807) is 28.5 Å². The predicted molar refractivity (Wildman–Crippen MR) is 88.7 cm³/mol. The minimum Gasteiger partial charge on any atom is -0.466 e. The summed E-state index contributed by atoms with van der Waals surface area (Å²) in [4.78, 5) is 40.4. The molecular formula is C16H26N2O4S. The summed E-state index contributed by atoms with van der Waals surface area (Å²) in [5, 5.41) is 0. The molecule has 2 heterocycles. The Kier molecular flexibility index (Phi) is 6.33. The fourth-order valence-corrected chi connectivity index (χ4v) is 4.19. The molecule has 0 aromatic heterocycles. The lowest BCUT2D eigenvalue weighted by atomic mass is 9.97. The van der Waals surface area contributed by atoms with Crippen LogP contribution in [0.2, 0.25) is 0 Å². The summed E-state index contributed by atoms with van der Waals surface area (Å²) >= 11 is 1.61. The number of carbonyl (C=O) groups is 3. The molecule has 23 heavy (non-hydrogen) atoms. The van der Waals surface area contributed by atoms with Crippen LogP contribution in [-0.4, -0.2) is 65.0 Å². The third-order valence-corrected chi connectivity index (χ3v) is 5.31. The van der Waals surface area contributed by atoms with E-state index in [0.717, 1.165) is 12.8 Å². The Labute approximate surface area is 141 Å². The first-order valence-corrected chi connectivity index (χ1v) is 9.44. The summed E-state index contributed by atoms with van der Waals surface area (Å²) in [6.07, 6.45) is 1.56. The van der Waals surface area contributed by atoms with E-state index in [9.17, 15) is 14.4 Å². The van der Waals surface area contributed by atoms with Crippen LogP contribution in [0.5, 0.6) is 0 Å². The van der Waals surface area contributed by atoms with Gasteiger partial charge in [-0.2, -0.15) is 0 Å². The van der Waals surface area contributed by atoms with Gasteiger partial charge in [0.05, 0.1) is 18.4 Å². The zero-order valence-corrected chi connectivity index (χ0v) is 14.9. The molecule has 0 aromatic rings. The van der Waals surface area contributed by atoms with Crippen molar-refractivity contribution in [2.24, 2.45) is 11.8 Å². The summed E-state index contributed by atoms with van der Waals surface area (Å²) in [7, 11) is 0. The van der Waals surface area contributed by atoms with Gasteiger partial charge in [-0.15, -0.1) is 11.8 Å². The van der Waals surface area contributed by atoms with Crippen molar-refractivity contribution in [2.75, 3.05) is 31.3 Å².